The van der Waals surface area contributed by atoms with E-state index in [9.17, 15) is 0 Å². The number of rotatable bonds is 1. The summed E-state index contributed by atoms with van der Waals surface area (Å²) in [7, 11) is 0. The molecular formula is C6H7N5S. The summed E-state index contributed by atoms with van der Waals surface area (Å²) >= 11 is 1.54. The molecule has 2 heterocycles. The van der Waals surface area contributed by atoms with E-state index in [2.05, 4.69) is 20.3 Å². The molecule has 0 N–H and O–H groups in total. The number of hydrogen-bond donors (Lipinski definition) is 0. The average Bonchev–Trinajstić information content (AvgIpc) is 2.47. The normalized spacial score (nSPS) is 10.8. The summed E-state index contributed by atoms with van der Waals surface area (Å²) in [5.41, 5.74) is 0. The zero-order valence-corrected chi connectivity index (χ0v) is 7.54. The average molecular weight is 181 g/mol. The highest BCUT2D eigenvalue weighted by Gasteiger charge is 2.02. The molecule has 12 heavy (non-hydrogen) atoms. The van der Waals surface area contributed by atoms with Crippen molar-refractivity contribution in [2.45, 2.75) is 11.9 Å². The van der Waals surface area contributed by atoms with E-state index in [0.717, 1.165) is 10.9 Å². The molecule has 0 aliphatic rings. The Morgan fingerprint density at radius 3 is 3.00 bits per heavy atom. The SMILES string of the molecule is CSc1cnn2c(C)nnc2n1. The minimum Gasteiger partial charge on any atom is -0.202 e. The van der Waals surface area contributed by atoms with Crippen molar-refractivity contribution in [1.82, 2.24) is 24.8 Å². The van der Waals surface area contributed by atoms with Crippen LogP contribution < -0.4 is 0 Å². The third kappa shape index (κ3) is 1.04. The maximum absolute atomic E-state index is 4.20. The third-order valence-electron chi connectivity index (χ3n) is 1.48. The lowest BCUT2D eigenvalue weighted by Crippen LogP contribution is -1.96. The molecule has 2 aromatic rings. The Hall–Kier alpha value is -1.17. The van der Waals surface area contributed by atoms with Crippen LogP contribution >= 0.6 is 11.8 Å². The van der Waals surface area contributed by atoms with Gasteiger partial charge in [0, 0.05) is 0 Å². The van der Waals surface area contributed by atoms with Gasteiger partial charge in [-0.3, -0.25) is 0 Å². The maximum atomic E-state index is 4.20. The standard InChI is InChI=1S/C6H7N5S/c1-4-9-10-6-8-5(12-2)3-7-11(4)6/h3H,1-2H3. The summed E-state index contributed by atoms with van der Waals surface area (Å²) in [6.45, 7) is 1.84. The Balaban J connectivity index is 2.69. The van der Waals surface area contributed by atoms with E-state index >= 15 is 0 Å². The molecule has 0 atom stereocenters. The van der Waals surface area contributed by atoms with Gasteiger partial charge in [0.25, 0.3) is 5.78 Å². The topological polar surface area (TPSA) is 56.0 Å². The number of fused-ring (bicyclic) bond motifs is 1. The molecule has 0 bridgehead atoms. The lowest BCUT2D eigenvalue weighted by atomic mass is 10.7. The van der Waals surface area contributed by atoms with Crippen LogP contribution in [0.25, 0.3) is 5.78 Å². The highest BCUT2D eigenvalue weighted by Crippen LogP contribution is 2.09. The van der Waals surface area contributed by atoms with Crippen molar-refractivity contribution in [2.24, 2.45) is 0 Å². The zero-order chi connectivity index (χ0) is 8.55. The van der Waals surface area contributed by atoms with Crippen LogP contribution in [0, 0.1) is 6.92 Å². The molecule has 0 amide bonds. The molecule has 2 rings (SSSR count). The second-order valence-corrected chi connectivity index (χ2v) is 3.08. The van der Waals surface area contributed by atoms with E-state index in [-0.39, 0.29) is 0 Å². The minimum atomic E-state index is 0.555. The molecule has 62 valence electrons. The van der Waals surface area contributed by atoms with E-state index in [4.69, 9.17) is 0 Å². The first-order valence-electron chi connectivity index (χ1n) is 3.40. The molecule has 0 aromatic carbocycles. The second-order valence-electron chi connectivity index (χ2n) is 2.26. The smallest absolute Gasteiger partial charge is 0.202 e. The van der Waals surface area contributed by atoms with E-state index in [1.54, 1.807) is 10.7 Å². The predicted molar refractivity (Wildman–Crippen MR) is 45.1 cm³/mol. The number of nitrogens with zero attached hydrogens (tertiary/aromatic N) is 5. The third-order valence-corrected chi connectivity index (χ3v) is 2.10. The van der Waals surface area contributed by atoms with E-state index in [1.807, 2.05) is 13.2 Å². The molecule has 0 fully saturated rings. The summed E-state index contributed by atoms with van der Waals surface area (Å²) in [6.07, 6.45) is 3.65. The monoisotopic (exact) mass is 181 g/mol. The van der Waals surface area contributed by atoms with Gasteiger partial charge < -0.3 is 0 Å². The molecule has 0 spiro atoms. The zero-order valence-electron chi connectivity index (χ0n) is 6.72. The molecule has 0 saturated carbocycles. The van der Waals surface area contributed by atoms with Gasteiger partial charge in [0.15, 0.2) is 5.82 Å². The van der Waals surface area contributed by atoms with Gasteiger partial charge in [-0.15, -0.1) is 22.0 Å². The molecule has 0 saturated heterocycles. The van der Waals surface area contributed by atoms with Crippen molar-refractivity contribution in [1.29, 1.82) is 0 Å². The fourth-order valence-electron chi connectivity index (χ4n) is 0.884. The minimum absolute atomic E-state index is 0.555. The Kier molecular flexibility index (Phi) is 1.69. The van der Waals surface area contributed by atoms with Crippen LogP contribution in [0.3, 0.4) is 0 Å². The Morgan fingerprint density at radius 1 is 1.42 bits per heavy atom. The number of hydrogen-bond acceptors (Lipinski definition) is 5. The Bertz CT molecular complexity index is 409. The van der Waals surface area contributed by atoms with Crippen molar-refractivity contribution in [3.8, 4) is 0 Å². The summed E-state index contributed by atoms with van der Waals surface area (Å²) in [5.74, 6) is 1.31. The first-order valence-corrected chi connectivity index (χ1v) is 4.63. The quantitative estimate of drug-likeness (QED) is 0.601. The first kappa shape index (κ1) is 7.48. The van der Waals surface area contributed by atoms with E-state index in [1.165, 1.54) is 11.8 Å². The predicted octanol–water partition coefficient (Wildman–Crippen LogP) is 0.550. The van der Waals surface area contributed by atoms with Gasteiger partial charge in [-0.2, -0.15) is 9.61 Å². The number of aromatic nitrogens is 5. The van der Waals surface area contributed by atoms with Crippen molar-refractivity contribution in [3.05, 3.63) is 12.0 Å². The lowest BCUT2D eigenvalue weighted by molar-refractivity contribution is 0.829. The van der Waals surface area contributed by atoms with Gasteiger partial charge in [-0.1, -0.05) is 0 Å². The fraction of sp³-hybridized carbons (Fsp3) is 0.333. The molecule has 5 nitrogen and oxygen atoms in total. The van der Waals surface area contributed by atoms with Crippen LogP contribution in [0.1, 0.15) is 5.82 Å². The van der Waals surface area contributed by atoms with Crippen molar-refractivity contribution in [2.75, 3.05) is 6.26 Å². The molecule has 0 radical (unpaired) electrons. The summed E-state index contributed by atoms with van der Waals surface area (Å²) in [5, 5.41) is 12.7. The van der Waals surface area contributed by atoms with Crippen molar-refractivity contribution < 1.29 is 0 Å². The summed E-state index contributed by atoms with van der Waals surface area (Å²) < 4.78 is 1.61. The molecular weight excluding hydrogens is 174 g/mol. The molecule has 0 aliphatic carbocycles. The molecule has 2 aromatic heterocycles. The molecule has 0 unspecified atom stereocenters. The van der Waals surface area contributed by atoms with Gasteiger partial charge in [-0.25, -0.2) is 4.98 Å². The lowest BCUT2D eigenvalue weighted by Gasteiger charge is -1.94. The van der Waals surface area contributed by atoms with Gasteiger partial charge in [0.1, 0.15) is 5.03 Å². The maximum Gasteiger partial charge on any atom is 0.272 e. The van der Waals surface area contributed by atoms with Gasteiger partial charge in [0.2, 0.25) is 0 Å². The highest BCUT2D eigenvalue weighted by atomic mass is 32.2. The number of aryl methyl sites for hydroxylation is 1. The van der Waals surface area contributed by atoms with Crippen molar-refractivity contribution in [3.63, 3.8) is 0 Å². The van der Waals surface area contributed by atoms with Crippen LogP contribution in [-0.4, -0.2) is 31.1 Å². The van der Waals surface area contributed by atoms with Crippen LogP contribution in [0.2, 0.25) is 0 Å². The first-order chi connectivity index (χ1) is 5.81. The number of thioether (sulfide) groups is 1. The second kappa shape index (κ2) is 2.71. The Labute approximate surface area is 73.2 Å². The van der Waals surface area contributed by atoms with Gasteiger partial charge in [-0.05, 0) is 13.2 Å². The van der Waals surface area contributed by atoms with E-state index < -0.39 is 0 Å². The fourth-order valence-corrected chi connectivity index (χ4v) is 1.21. The molecule has 6 heteroatoms. The summed E-state index contributed by atoms with van der Waals surface area (Å²) in [6, 6.07) is 0. The molecule has 0 aliphatic heterocycles. The van der Waals surface area contributed by atoms with Crippen LogP contribution in [-0.2, 0) is 0 Å². The highest BCUT2D eigenvalue weighted by molar-refractivity contribution is 7.98. The van der Waals surface area contributed by atoms with Crippen LogP contribution in [0.5, 0.6) is 0 Å². The van der Waals surface area contributed by atoms with Crippen LogP contribution in [0.4, 0.5) is 0 Å². The van der Waals surface area contributed by atoms with Gasteiger partial charge >= 0.3 is 0 Å². The van der Waals surface area contributed by atoms with E-state index in [0.29, 0.717) is 5.78 Å². The Morgan fingerprint density at radius 2 is 2.25 bits per heavy atom. The summed E-state index contributed by atoms with van der Waals surface area (Å²) in [4.78, 5) is 4.20. The van der Waals surface area contributed by atoms with Gasteiger partial charge in [0.05, 0.1) is 6.20 Å². The van der Waals surface area contributed by atoms with Crippen molar-refractivity contribution >= 4 is 17.5 Å². The van der Waals surface area contributed by atoms with Crippen LogP contribution in [0.15, 0.2) is 11.2 Å². The largest absolute Gasteiger partial charge is 0.272 e.